The van der Waals surface area contributed by atoms with E-state index in [0.29, 0.717) is 18.4 Å². The third-order valence-electron chi connectivity index (χ3n) is 3.66. The number of esters is 1. The van der Waals surface area contributed by atoms with Gasteiger partial charge in [0.2, 0.25) is 9.39 Å². The Bertz CT molecular complexity index is 419. The van der Waals surface area contributed by atoms with E-state index in [1.54, 1.807) is 6.92 Å². The smallest absolute Gasteiger partial charge is 0.333 e. The van der Waals surface area contributed by atoms with Gasteiger partial charge in [-0.15, -0.1) is 0 Å². The summed E-state index contributed by atoms with van der Waals surface area (Å²) in [6.45, 7) is 5.35. The Morgan fingerprint density at radius 3 is 2.35 bits per heavy atom. The molecule has 1 fully saturated rings. The summed E-state index contributed by atoms with van der Waals surface area (Å²) in [5.74, 6) is -1.01. The zero-order chi connectivity index (χ0) is 15.3. The third-order valence-corrected chi connectivity index (χ3v) is 4.77. The second kappa shape index (κ2) is 8.08. The van der Waals surface area contributed by atoms with Gasteiger partial charge >= 0.3 is 5.97 Å². The molecule has 1 rings (SSSR count). The highest BCUT2D eigenvalue weighted by Gasteiger charge is 2.40. The number of carbonyl (C=O) groups is 3. The summed E-state index contributed by atoms with van der Waals surface area (Å²) in [5, 5.41) is 0. The summed E-state index contributed by atoms with van der Waals surface area (Å²) in [4.78, 5) is 34.6. The van der Waals surface area contributed by atoms with Gasteiger partial charge in [0.25, 0.3) is 0 Å². The predicted octanol–water partition coefficient (Wildman–Crippen LogP) is 3.37. The standard InChI is InChI=1S/C14H18Br2O4/c1-8(2)14(19)20-7-6-9-4-3-5-10(12(15)17)11(9)13(16)18/h9-11H,1,3-7H2,2H3. The Kier molecular flexibility index (Phi) is 7.09. The fourth-order valence-electron chi connectivity index (χ4n) is 2.64. The van der Waals surface area contributed by atoms with Gasteiger partial charge in [-0.25, -0.2) is 4.79 Å². The molecule has 6 heteroatoms. The molecule has 1 aliphatic carbocycles. The first-order chi connectivity index (χ1) is 9.34. The fraction of sp³-hybridized carbons (Fsp3) is 0.643. The maximum Gasteiger partial charge on any atom is 0.333 e. The maximum atomic E-state index is 11.8. The summed E-state index contributed by atoms with van der Waals surface area (Å²) in [6.07, 6.45) is 3.06. The molecule has 0 aromatic rings. The van der Waals surface area contributed by atoms with E-state index in [4.69, 9.17) is 4.74 Å². The molecule has 3 atom stereocenters. The van der Waals surface area contributed by atoms with E-state index < -0.39 is 5.97 Å². The van der Waals surface area contributed by atoms with Crippen LogP contribution < -0.4 is 0 Å². The molecule has 0 saturated heterocycles. The van der Waals surface area contributed by atoms with E-state index >= 15 is 0 Å². The highest BCUT2D eigenvalue weighted by molar-refractivity contribution is 9.18. The van der Waals surface area contributed by atoms with Crippen molar-refractivity contribution in [2.24, 2.45) is 17.8 Å². The lowest BCUT2D eigenvalue weighted by molar-refractivity contribution is -0.139. The lowest BCUT2D eigenvalue weighted by Crippen LogP contribution is -2.36. The molecular formula is C14H18Br2O4. The van der Waals surface area contributed by atoms with Crippen LogP contribution in [0.25, 0.3) is 0 Å². The molecule has 0 bridgehead atoms. The average molecular weight is 410 g/mol. The van der Waals surface area contributed by atoms with Crippen LogP contribution >= 0.6 is 31.9 Å². The Morgan fingerprint density at radius 2 is 1.85 bits per heavy atom. The second-order valence-corrected chi connectivity index (χ2v) is 6.70. The molecule has 112 valence electrons. The van der Waals surface area contributed by atoms with Crippen LogP contribution in [0.5, 0.6) is 0 Å². The number of hydrogen-bond acceptors (Lipinski definition) is 4. The third kappa shape index (κ3) is 4.81. The van der Waals surface area contributed by atoms with Crippen molar-refractivity contribution >= 4 is 47.2 Å². The number of rotatable bonds is 6. The monoisotopic (exact) mass is 408 g/mol. The van der Waals surface area contributed by atoms with Crippen molar-refractivity contribution in [1.29, 1.82) is 0 Å². The van der Waals surface area contributed by atoms with E-state index in [1.165, 1.54) is 0 Å². The van der Waals surface area contributed by atoms with Crippen molar-refractivity contribution in [3.63, 3.8) is 0 Å². The predicted molar refractivity (Wildman–Crippen MR) is 82.6 cm³/mol. The van der Waals surface area contributed by atoms with E-state index in [0.717, 1.165) is 12.8 Å². The summed E-state index contributed by atoms with van der Waals surface area (Å²) >= 11 is 5.97. The van der Waals surface area contributed by atoms with E-state index in [-0.39, 0.29) is 33.7 Å². The highest BCUT2D eigenvalue weighted by atomic mass is 79.9. The molecular weight excluding hydrogens is 392 g/mol. The van der Waals surface area contributed by atoms with Crippen LogP contribution in [0.1, 0.15) is 32.6 Å². The Morgan fingerprint density at radius 1 is 1.20 bits per heavy atom. The molecule has 0 N–H and O–H groups in total. The van der Waals surface area contributed by atoms with Crippen molar-refractivity contribution in [2.45, 2.75) is 32.6 Å². The normalized spacial score (nSPS) is 25.9. The minimum absolute atomic E-state index is 0.0556. The zero-order valence-electron chi connectivity index (χ0n) is 11.4. The van der Waals surface area contributed by atoms with Crippen molar-refractivity contribution in [3.8, 4) is 0 Å². The minimum Gasteiger partial charge on any atom is -0.462 e. The molecule has 0 aromatic carbocycles. The average Bonchev–Trinajstić information content (AvgIpc) is 2.37. The van der Waals surface area contributed by atoms with Crippen molar-refractivity contribution in [2.75, 3.05) is 6.61 Å². The fourth-order valence-corrected chi connectivity index (χ4v) is 3.84. The van der Waals surface area contributed by atoms with Crippen LogP contribution in [0, 0.1) is 17.8 Å². The molecule has 0 radical (unpaired) electrons. The van der Waals surface area contributed by atoms with Gasteiger partial charge in [0.1, 0.15) is 0 Å². The van der Waals surface area contributed by atoms with E-state index in [9.17, 15) is 14.4 Å². The summed E-state index contributed by atoms with van der Waals surface area (Å²) < 4.78 is 4.80. The van der Waals surface area contributed by atoms with Gasteiger partial charge in [-0.1, -0.05) is 13.0 Å². The molecule has 3 unspecified atom stereocenters. The van der Waals surface area contributed by atoms with Crippen LogP contribution in [0.3, 0.4) is 0 Å². The first-order valence-corrected chi connectivity index (χ1v) is 8.14. The van der Waals surface area contributed by atoms with Crippen LogP contribution in [0.2, 0.25) is 0 Å². The van der Waals surface area contributed by atoms with Gasteiger partial charge in [0, 0.05) is 17.4 Å². The van der Waals surface area contributed by atoms with Gasteiger partial charge in [-0.05, 0) is 64.0 Å². The first-order valence-electron chi connectivity index (χ1n) is 6.56. The summed E-state index contributed by atoms with van der Waals surface area (Å²) in [6, 6.07) is 0. The number of halogens is 2. The van der Waals surface area contributed by atoms with Gasteiger partial charge in [-0.2, -0.15) is 0 Å². The van der Waals surface area contributed by atoms with Gasteiger partial charge < -0.3 is 4.74 Å². The van der Waals surface area contributed by atoms with Crippen LogP contribution in [0.15, 0.2) is 12.2 Å². The number of carbonyl (C=O) groups excluding carboxylic acids is 3. The molecule has 1 saturated carbocycles. The molecule has 0 aliphatic heterocycles. The van der Waals surface area contributed by atoms with Gasteiger partial charge in [0.15, 0.2) is 0 Å². The van der Waals surface area contributed by atoms with Crippen molar-refractivity contribution in [1.82, 2.24) is 0 Å². The van der Waals surface area contributed by atoms with Gasteiger partial charge in [-0.3, -0.25) is 9.59 Å². The lowest BCUT2D eigenvalue weighted by Gasteiger charge is -2.34. The SMILES string of the molecule is C=C(C)C(=O)OCCC1CCCC(C(=O)Br)C1C(=O)Br. The topological polar surface area (TPSA) is 60.4 Å². The molecule has 4 nitrogen and oxygen atoms in total. The molecule has 1 aliphatic rings. The van der Waals surface area contributed by atoms with E-state index in [2.05, 4.69) is 38.4 Å². The largest absolute Gasteiger partial charge is 0.462 e. The second-order valence-electron chi connectivity index (χ2n) is 5.14. The Balaban J connectivity index is 2.62. The number of ether oxygens (including phenoxy) is 1. The Hall–Kier alpha value is -0.490. The molecule has 0 spiro atoms. The molecule has 0 amide bonds. The number of hydrogen-bond donors (Lipinski definition) is 0. The van der Waals surface area contributed by atoms with Crippen LogP contribution in [-0.2, 0) is 19.1 Å². The van der Waals surface area contributed by atoms with Crippen molar-refractivity contribution < 1.29 is 19.1 Å². The lowest BCUT2D eigenvalue weighted by atomic mass is 9.72. The maximum absolute atomic E-state index is 11.8. The minimum atomic E-state index is -0.421. The summed E-state index contributed by atoms with van der Waals surface area (Å²) in [5.41, 5.74) is 0.357. The van der Waals surface area contributed by atoms with Crippen LogP contribution in [-0.4, -0.2) is 22.0 Å². The highest BCUT2D eigenvalue weighted by Crippen LogP contribution is 2.40. The Labute approximate surface area is 135 Å². The van der Waals surface area contributed by atoms with Crippen molar-refractivity contribution in [3.05, 3.63) is 12.2 Å². The molecule has 20 heavy (non-hydrogen) atoms. The molecule has 0 aromatic heterocycles. The first kappa shape index (κ1) is 17.6. The quantitative estimate of drug-likeness (QED) is 0.383. The van der Waals surface area contributed by atoms with Gasteiger partial charge in [0.05, 0.1) is 6.61 Å². The zero-order valence-corrected chi connectivity index (χ0v) is 14.5. The van der Waals surface area contributed by atoms with Crippen LogP contribution in [0.4, 0.5) is 0 Å². The summed E-state index contributed by atoms with van der Waals surface area (Å²) in [7, 11) is 0. The molecule has 0 heterocycles. The van der Waals surface area contributed by atoms with E-state index in [1.807, 2.05) is 0 Å².